The Morgan fingerprint density at radius 2 is 2.00 bits per heavy atom. The first-order valence-corrected chi connectivity index (χ1v) is 7.35. The van der Waals surface area contributed by atoms with E-state index in [2.05, 4.69) is 5.32 Å². The number of amides is 2. The quantitative estimate of drug-likeness (QED) is 0.825. The molecule has 1 aliphatic rings. The lowest BCUT2D eigenvalue weighted by atomic mass is 10.1. The third-order valence-electron chi connectivity index (χ3n) is 3.64. The van der Waals surface area contributed by atoms with Crippen molar-refractivity contribution in [3.05, 3.63) is 29.8 Å². The van der Waals surface area contributed by atoms with Crippen LogP contribution in [0.2, 0.25) is 0 Å². The molecule has 1 N–H and O–H groups in total. The largest absolute Gasteiger partial charge is 0.466 e. The lowest BCUT2D eigenvalue weighted by molar-refractivity contribution is -0.144. The van der Waals surface area contributed by atoms with Gasteiger partial charge in [0.25, 0.3) is 0 Å². The molecule has 1 unspecified atom stereocenters. The molecule has 0 radical (unpaired) electrons. The van der Waals surface area contributed by atoms with Gasteiger partial charge in [-0.1, -0.05) is 18.2 Å². The van der Waals surface area contributed by atoms with Crippen LogP contribution in [-0.4, -0.2) is 37.5 Å². The standard InChI is InChI=1S/C16H20N2O4/c1-3-22-15(20)9-8-14(19)18-12-7-5-4-6-11(12)10-13(18)16(21)17-2/h4-7,13H,3,8-10H2,1-2H3,(H,17,21). The van der Waals surface area contributed by atoms with Gasteiger partial charge in [0.15, 0.2) is 0 Å². The van der Waals surface area contributed by atoms with Crippen molar-refractivity contribution < 1.29 is 19.1 Å². The summed E-state index contributed by atoms with van der Waals surface area (Å²) in [5.41, 5.74) is 1.70. The summed E-state index contributed by atoms with van der Waals surface area (Å²) in [5.74, 6) is -0.855. The number of nitrogens with zero attached hydrogens (tertiary/aromatic N) is 1. The molecule has 0 spiro atoms. The number of benzene rings is 1. The summed E-state index contributed by atoms with van der Waals surface area (Å²) >= 11 is 0. The predicted molar refractivity (Wildman–Crippen MR) is 81.4 cm³/mol. The summed E-state index contributed by atoms with van der Waals surface area (Å²) in [7, 11) is 1.55. The van der Waals surface area contributed by atoms with Crippen LogP contribution in [-0.2, 0) is 25.5 Å². The number of carbonyl (C=O) groups excluding carboxylic acids is 3. The summed E-state index contributed by atoms with van der Waals surface area (Å²) < 4.78 is 4.83. The summed E-state index contributed by atoms with van der Waals surface area (Å²) in [6.45, 7) is 2.01. The van der Waals surface area contributed by atoms with E-state index in [1.807, 2.05) is 24.3 Å². The molecule has 0 saturated carbocycles. The van der Waals surface area contributed by atoms with Crippen molar-refractivity contribution >= 4 is 23.5 Å². The molecule has 118 valence electrons. The maximum atomic E-state index is 12.5. The van der Waals surface area contributed by atoms with E-state index in [4.69, 9.17) is 4.74 Å². The van der Waals surface area contributed by atoms with Gasteiger partial charge in [0.1, 0.15) is 6.04 Å². The van der Waals surface area contributed by atoms with Crippen LogP contribution in [0.5, 0.6) is 0 Å². The fourth-order valence-corrected chi connectivity index (χ4v) is 2.63. The van der Waals surface area contributed by atoms with Gasteiger partial charge in [-0.15, -0.1) is 0 Å². The smallest absolute Gasteiger partial charge is 0.306 e. The Balaban J connectivity index is 2.15. The molecule has 1 heterocycles. The minimum atomic E-state index is -0.558. The molecule has 1 aromatic rings. The molecule has 0 saturated heterocycles. The number of carbonyl (C=O) groups is 3. The van der Waals surface area contributed by atoms with Gasteiger partial charge in [0, 0.05) is 25.6 Å². The van der Waals surface area contributed by atoms with Crippen LogP contribution < -0.4 is 10.2 Å². The first-order chi connectivity index (χ1) is 10.6. The Kier molecular flexibility index (Phi) is 5.14. The molecule has 0 aromatic heterocycles. The molecular weight excluding hydrogens is 284 g/mol. The van der Waals surface area contributed by atoms with Gasteiger partial charge in [-0.25, -0.2) is 0 Å². The van der Waals surface area contributed by atoms with Crippen molar-refractivity contribution in [3.63, 3.8) is 0 Å². The zero-order valence-electron chi connectivity index (χ0n) is 12.8. The highest BCUT2D eigenvalue weighted by Gasteiger charge is 2.37. The van der Waals surface area contributed by atoms with E-state index >= 15 is 0 Å². The van der Waals surface area contributed by atoms with Crippen LogP contribution in [0.1, 0.15) is 25.3 Å². The van der Waals surface area contributed by atoms with Gasteiger partial charge in [-0.3, -0.25) is 19.3 Å². The van der Waals surface area contributed by atoms with Crippen molar-refractivity contribution in [2.75, 3.05) is 18.6 Å². The van der Waals surface area contributed by atoms with Gasteiger partial charge in [0.2, 0.25) is 11.8 Å². The lowest BCUT2D eigenvalue weighted by Crippen LogP contribution is -2.47. The van der Waals surface area contributed by atoms with Crippen LogP contribution in [0, 0.1) is 0 Å². The zero-order valence-corrected chi connectivity index (χ0v) is 12.8. The number of likely N-dealkylation sites (N-methyl/N-ethyl adjacent to an activating group) is 1. The monoisotopic (exact) mass is 304 g/mol. The van der Waals surface area contributed by atoms with Crippen LogP contribution >= 0.6 is 0 Å². The van der Waals surface area contributed by atoms with Crippen LogP contribution in [0.3, 0.4) is 0 Å². The highest BCUT2D eigenvalue weighted by atomic mass is 16.5. The van der Waals surface area contributed by atoms with Gasteiger partial charge in [0.05, 0.1) is 13.0 Å². The Hall–Kier alpha value is -2.37. The fraction of sp³-hybridized carbons (Fsp3) is 0.438. The molecule has 2 amide bonds. The normalized spacial score (nSPS) is 16.1. The summed E-state index contributed by atoms with van der Waals surface area (Å²) in [6, 6.07) is 6.88. The summed E-state index contributed by atoms with van der Waals surface area (Å²) in [5, 5.41) is 2.59. The van der Waals surface area contributed by atoms with Crippen molar-refractivity contribution in [1.82, 2.24) is 5.32 Å². The van der Waals surface area contributed by atoms with Gasteiger partial charge in [-0.2, -0.15) is 0 Å². The first kappa shape index (κ1) is 16.0. The molecule has 6 heteroatoms. The average molecular weight is 304 g/mol. The Labute approximate surface area is 129 Å². The van der Waals surface area contributed by atoms with Gasteiger partial charge in [-0.05, 0) is 18.6 Å². The number of para-hydroxylation sites is 1. The number of ether oxygens (including phenoxy) is 1. The van der Waals surface area contributed by atoms with Gasteiger partial charge >= 0.3 is 5.97 Å². The van der Waals surface area contributed by atoms with Crippen LogP contribution in [0.4, 0.5) is 5.69 Å². The van der Waals surface area contributed by atoms with E-state index in [1.165, 1.54) is 4.90 Å². The fourth-order valence-electron chi connectivity index (χ4n) is 2.63. The summed E-state index contributed by atoms with van der Waals surface area (Å²) in [4.78, 5) is 37.4. The molecule has 1 atom stereocenters. The second-order valence-corrected chi connectivity index (χ2v) is 5.03. The van der Waals surface area contributed by atoms with E-state index in [0.29, 0.717) is 13.0 Å². The lowest BCUT2D eigenvalue weighted by Gasteiger charge is -2.24. The van der Waals surface area contributed by atoms with Crippen LogP contribution in [0.15, 0.2) is 24.3 Å². The van der Waals surface area contributed by atoms with Gasteiger partial charge < -0.3 is 10.1 Å². The van der Waals surface area contributed by atoms with Crippen LogP contribution in [0.25, 0.3) is 0 Å². The molecule has 22 heavy (non-hydrogen) atoms. The third-order valence-corrected chi connectivity index (χ3v) is 3.64. The van der Waals surface area contributed by atoms with E-state index in [0.717, 1.165) is 11.3 Å². The van der Waals surface area contributed by atoms with Crippen molar-refractivity contribution in [1.29, 1.82) is 0 Å². The number of hydrogen-bond acceptors (Lipinski definition) is 4. The van der Waals surface area contributed by atoms with E-state index in [9.17, 15) is 14.4 Å². The van der Waals surface area contributed by atoms with E-state index in [-0.39, 0.29) is 24.7 Å². The predicted octanol–water partition coefficient (Wildman–Crippen LogP) is 1.03. The number of anilines is 1. The molecule has 1 aromatic carbocycles. The first-order valence-electron chi connectivity index (χ1n) is 7.35. The topological polar surface area (TPSA) is 75.7 Å². The number of esters is 1. The third kappa shape index (κ3) is 3.27. The average Bonchev–Trinajstić information content (AvgIpc) is 2.91. The number of rotatable bonds is 5. The number of fused-ring (bicyclic) bond motifs is 1. The minimum absolute atomic E-state index is 0.0196. The summed E-state index contributed by atoms with van der Waals surface area (Å²) in [6.07, 6.45) is 0.535. The molecule has 0 bridgehead atoms. The highest BCUT2D eigenvalue weighted by molar-refractivity contribution is 6.04. The van der Waals surface area contributed by atoms with Crippen molar-refractivity contribution in [2.45, 2.75) is 32.2 Å². The molecule has 2 rings (SSSR count). The minimum Gasteiger partial charge on any atom is -0.466 e. The number of hydrogen-bond donors (Lipinski definition) is 1. The zero-order chi connectivity index (χ0) is 16.1. The van der Waals surface area contributed by atoms with Crippen molar-refractivity contribution in [2.24, 2.45) is 0 Å². The Morgan fingerprint density at radius 3 is 2.68 bits per heavy atom. The van der Waals surface area contributed by atoms with E-state index < -0.39 is 12.0 Å². The highest BCUT2D eigenvalue weighted by Crippen LogP contribution is 2.32. The maximum absolute atomic E-state index is 12.5. The molecule has 0 fully saturated rings. The molecular formula is C16H20N2O4. The second kappa shape index (κ2) is 7.06. The van der Waals surface area contributed by atoms with E-state index in [1.54, 1.807) is 14.0 Å². The SMILES string of the molecule is CCOC(=O)CCC(=O)N1c2ccccc2CC1C(=O)NC. The number of nitrogens with one attached hydrogen (secondary N) is 1. The van der Waals surface area contributed by atoms with Crippen molar-refractivity contribution in [3.8, 4) is 0 Å². The maximum Gasteiger partial charge on any atom is 0.306 e. The second-order valence-electron chi connectivity index (χ2n) is 5.03. The molecule has 0 aliphatic carbocycles. The molecule has 1 aliphatic heterocycles. The Bertz CT molecular complexity index is 585. The molecule has 6 nitrogen and oxygen atoms in total. The Morgan fingerprint density at radius 1 is 1.27 bits per heavy atom.